The third kappa shape index (κ3) is 6.23. The Morgan fingerprint density at radius 2 is 1.78 bits per heavy atom. The van der Waals surface area contributed by atoms with Crippen molar-refractivity contribution in [3.05, 3.63) is 59.1 Å². The van der Waals surface area contributed by atoms with E-state index in [1.807, 2.05) is 0 Å². The number of benzene rings is 2. The van der Waals surface area contributed by atoms with Gasteiger partial charge in [0.1, 0.15) is 0 Å². The summed E-state index contributed by atoms with van der Waals surface area (Å²) in [5.74, 6) is -0.304. The predicted molar refractivity (Wildman–Crippen MR) is 109 cm³/mol. The number of amides is 1. The summed E-state index contributed by atoms with van der Waals surface area (Å²) in [6, 6.07) is 12.4. The minimum atomic E-state index is -3.82. The van der Waals surface area contributed by atoms with Crippen molar-refractivity contribution in [1.29, 1.82) is 0 Å². The number of hydrogen-bond donors (Lipinski definition) is 2. The first kappa shape index (κ1) is 21.2. The van der Waals surface area contributed by atoms with Crippen LogP contribution in [0.25, 0.3) is 0 Å². The third-order valence-electron chi connectivity index (χ3n) is 4.09. The standard InChI is InChI=1S/C19H24ClN3O3S/c1-3-23(4-2)12-11-21-19(24)15-7-5-10-18(13-15)27(25,26)22-17-9-6-8-16(20)14-17/h5-10,13-14,22H,3-4,11-12H2,1-2H3,(H,21,24). The second-order valence-electron chi connectivity index (χ2n) is 5.93. The molecule has 0 atom stereocenters. The lowest BCUT2D eigenvalue weighted by Gasteiger charge is -2.18. The molecule has 0 saturated heterocycles. The van der Waals surface area contributed by atoms with Crippen molar-refractivity contribution in [2.75, 3.05) is 30.9 Å². The summed E-state index contributed by atoms with van der Waals surface area (Å²) in [5.41, 5.74) is 0.653. The van der Waals surface area contributed by atoms with Gasteiger partial charge in [-0.1, -0.05) is 37.6 Å². The lowest BCUT2D eigenvalue weighted by molar-refractivity contribution is 0.0948. The average Bonchev–Trinajstić information content (AvgIpc) is 2.65. The summed E-state index contributed by atoms with van der Waals surface area (Å²) in [6.45, 7) is 7.19. The molecule has 6 nitrogen and oxygen atoms in total. The number of rotatable bonds is 9. The minimum absolute atomic E-state index is 0.0128. The van der Waals surface area contributed by atoms with Gasteiger partial charge in [0.15, 0.2) is 0 Å². The molecule has 2 aromatic rings. The van der Waals surface area contributed by atoms with Gasteiger partial charge in [0.2, 0.25) is 0 Å². The highest BCUT2D eigenvalue weighted by Crippen LogP contribution is 2.20. The molecule has 2 aromatic carbocycles. The summed E-state index contributed by atoms with van der Waals surface area (Å²) in [6.07, 6.45) is 0. The highest BCUT2D eigenvalue weighted by Gasteiger charge is 2.16. The predicted octanol–water partition coefficient (Wildman–Crippen LogP) is 3.21. The van der Waals surface area contributed by atoms with E-state index in [-0.39, 0.29) is 10.8 Å². The number of hydrogen-bond acceptors (Lipinski definition) is 4. The fourth-order valence-electron chi connectivity index (χ4n) is 2.54. The van der Waals surface area contributed by atoms with E-state index >= 15 is 0 Å². The van der Waals surface area contributed by atoms with Crippen molar-refractivity contribution in [2.45, 2.75) is 18.7 Å². The zero-order chi connectivity index (χ0) is 19.9. The summed E-state index contributed by atoms with van der Waals surface area (Å²) in [4.78, 5) is 14.5. The van der Waals surface area contributed by atoms with Crippen LogP contribution < -0.4 is 10.0 Å². The van der Waals surface area contributed by atoms with Gasteiger partial charge in [0.25, 0.3) is 15.9 Å². The van der Waals surface area contributed by atoms with Crippen LogP contribution in [0.1, 0.15) is 24.2 Å². The van der Waals surface area contributed by atoms with Gasteiger partial charge in [-0.3, -0.25) is 9.52 Å². The van der Waals surface area contributed by atoms with Crippen molar-refractivity contribution in [2.24, 2.45) is 0 Å². The molecule has 0 saturated carbocycles. The van der Waals surface area contributed by atoms with Gasteiger partial charge < -0.3 is 10.2 Å². The molecule has 0 aromatic heterocycles. The summed E-state index contributed by atoms with van der Waals surface area (Å²) in [7, 11) is -3.82. The number of halogens is 1. The average molecular weight is 410 g/mol. The van der Waals surface area contributed by atoms with Crippen LogP contribution in [0.15, 0.2) is 53.4 Å². The first-order valence-electron chi connectivity index (χ1n) is 8.74. The third-order valence-corrected chi connectivity index (χ3v) is 5.71. The van der Waals surface area contributed by atoms with Crippen LogP contribution in [-0.2, 0) is 10.0 Å². The largest absolute Gasteiger partial charge is 0.351 e. The van der Waals surface area contributed by atoms with Crippen molar-refractivity contribution < 1.29 is 13.2 Å². The highest BCUT2D eigenvalue weighted by atomic mass is 35.5. The maximum Gasteiger partial charge on any atom is 0.261 e. The molecule has 0 unspecified atom stereocenters. The van der Waals surface area contributed by atoms with Crippen LogP contribution in [-0.4, -0.2) is 45.4 Å². The van der Waals surface area contributed by atoms with Crippen molar-refractivity contribution in [1.82, 2.24) is 10.2 Å². The van der Waals surface area contributed by atoms with E-state index < -0.39 is 10.0 Å². The fourth-order valence-corrected chi connectivity index (χ4v) is 3.83. The molecular weight excluding hydrogens is 386 g/mol. The summed E-state index contributed by atoms with van der Waals surface area (Å²) in [5, 5.41) is 3.25. The number of carbonyl (C=O) groups excluding carboxylic acids is 1. The van der Waals surface area contributed by atoms with E-state index in [4.69, 9.17) is 11.6 Å². The Labute approximate surface area is 165 Å². The molecule has 2 N–H and O–H groups in total. The smallest absolute Gasteiger partial charge is 0.261 e. The molecule has 0 fully saturated rings. The van der Waals surface area contributed by atoms with Crippen molar-refractivity contribution >= 4 is 33.2 Å². The number of nitrogens with zero attached hydrogens (tertiary/aromatic N) is 1. The molecule has 2 rings (SSSR count). The molecule has 0 bridgehead atoms. The number of nitrogens with one attached hydrogen (secondary N) is 2. The molecule has 0 radical (unpaired) electrons. The second kappa shape index (κ2) is 9.73. The zero-order valence-electron chi connectivity index (χ0n) is 15.4. The molecule has 0 aliphatic carbocycles. The highest BCUT2D eigenvalue weighted by molar-refractivity contribution is 7.92. The fraction of sp³-hybridized carbons (Fsp3) is 0.316. The second-order valence-corrected chi connectivity index (χ2v) is 8.05. The monoisotopic (exact) mass is 409 g/mol. The van der Waals surface area contributed by atoms with Crippen LogP contribution >= 0.6 is 11.6 Å². The molecule has 0 aliphatic rings. The number of sulfonamides is 1. The van der Waals surface area contributed by atoms with E-state index in [0.717, 1.165) is 19.6 Å². The number of anilines is 1. The van der Waals surface area contributed by atoms with Gasteiger partial charge in [0.05, 0.1) is 10.6 Å². The number of carbonyl (C=O) groups is 1. The van der Waals surface area contributed by atoms with Gasteiger partial charge in [0, 0.05) is 23.7 Å². The maximum atomic E-state index is 12.6. The summed E-state index contributed by atoms with van der Waals surface area (Å²) >= 11 is 5.89. The van der Waals surface area contributed by atoms with E-state index in [9.17, 15) is 13.2 Å². The molecule has 8 heteroatoms. The lowest BCUT2D eigenvalue weighted by Crippen LogP contribution is -2.34. The molecule has 0 aliphatic heterocycles. The SMILES string of the molecule is CCN(CC)CCNC(=O)c1cccc(S(=O)(=O)Nc2cccc(Cl)c2)c1. The van der Waals surface area contributed by atoms with Crippen LogP contribution in [0.5, 0.6) is 0 Å². The normalized spacial score (nSPS) is 11.4. The summed E-state index contributed by atoms with van der Waals surface area (Å²) < 4.78 is 27.6. The van der Waals surface area contributed by atoms with E-state index in [2.05, 4.69) is 28.8 Å². The molecule has 146 valence electrons. The lowest BCUT2D eigenvalue weighted by atomic mass is 10.2. The van der Waals surface area contributed by atoms with E-state index in [1.54, 1.807) is 30.3 Å². The van der Waals surface area contributed by atoms with Gasteiger partial charge in [-0.25, -0.2) is 8.42 Å². The molecular formula is C19H24ClN3O3S. The molecule has 0 spiro atoms. The van der Waals surface area contributed by atoms with Crippen molar-refractivity contribution in [3.8, 4) is 0 Å². The Kier molecular flexibility index (Phi) is 7.65. The van der Waals surface area contributed by atoms with Crippen molar-refractivity contribution in [3.63, 3.8) is 0 Å². The van der Waals surface area contributed by atoms with Gasteiger partial charge in [-0.15, -0.1) is 0 Å². The topological polar surface area (TPSA) is 78.5 Å². The molecule has 0 heterocycles. The van der Waals surface area contributed by atoms with E-state index in [1.165, 1.54) is 18.2 Å². The molecule has 1 amide bonds. The van der Waals surface area contributed by atoms with Crippen LogP contribution in [0.4, 0.5) is 5.69 Å². The minimum Gasteiger partial charge on any atom is -0.351 e. The van der Waals surface area contributed by atoms with Gasteiger partial charge in [-0.05, 0) is 49.5 Å². The van der Waals surface area contributed by atoms with E-state index in [0.29, 0.717) is 22.8 Å². The van der Waals surface area contributed by atoms with Crippen LogP contribution in [0, 0.1) is 0 Å². The Bertz CT molecular complexity index is 883. The Hall–Kier alpha value is -2.09. The van der Waals surface area contributed by atoms with Crippen LogP contribution in [0.3, 0.4) is 0 Å². The van der Waals surface area contributed by atoms with Gasteiger partial charge >= 0.3 is 0 Å². The maximum absolute atomic E-state index is 12.6. The Morgan fingerprint density at radius 1 is 1.07 bits per heavy atom. The zero-order valence-corrected chi connectivity index (χ0v) is 17.0. The number of likely N-dealkylation sites (N-methyl/N-ethyl adjacent to an activating group) is 1. The Balaban J connectivity index is 2.08. The first-order chi connectivity index (χ1) is 12.9. The van der Waals surface area contributed by atoms with Gasteiger partial charge in [-0.2, -0.15) is 0 Å². The first-order valence-corrected chi connectivity index (χ1v) is 10.6. The Morgan fingerprint density at radius 3 is 2.44 bits per heavy atom. The molecule has 27 heavy (non-hydrogen) atoms. The van der Waals surface area contributed by atoms with Crippen LogP contribution in [0.2, 0.25) is 5.02 Å². The quantitative estimate of drug-likeness (QED) is 0.666.